The summed E-state index contributed by atoms with van der Waals surface area (Å²) >= 11 is 0. The summed E-state index contributed by atoms with van der Waals surface area (Å²) < 4.78 is 12.8. The zero-order valence-corrected chi connectivity index (χ0v) is 19.9. The molecule has 2 aromatic rings. The predicted octanol–water partition coefficient (Wildman–Crippen LogP) is 1.76. The van der Waals surface area contributed by atoms with E-state index in [0.29, 0.717) is 44.2 Å². The third-order valence-corrected chi connectivity index (χ3v) is 7.66. The second-order valence-electron chi connectivity index (χ2n) is 9.35. The summed E-state index contributed by atoms with van der Waals surface area (Å²) in [5, 5.41) is 10.4. The molecule has 3 aliphatic heterocycles. The van der Waals surface area contributed by atoms with Crippen LogP contribution < -0.4 is 10.3 Å². The molecule has 2 fully saturated rings. The summed E-state index contributed by atoms with van der Waals surface area (Å²) in [4.78, 5) is 31.7. The zero-order chi connectivity index (χ0) is 23.8. The zero-order valence-electron chi connectivity index (χ0n) is 19.9. The standard InChI is InChI=1S/C26H33N3O5/c1-3-10-28-21-15-29-20(9-8-18(25(29)31)17-6-4-5-7-22(17)33-2)24(28)23(19(21)16-30)26(32)27-11-13-34-14-12-27/h4-9,19,21,23-24,30H,3,10-16H2,1-2H3/t19-,21-,23+,24+/m1/s1. The minimum atomic E-state index is -0.384. The number of carbonyl (C=O) groups excluding carboxylic acids is 1. The lowest BCUT2D eigenvalue weighted by molar-refractivity contribution is -0.142. The maximum absolute atomic E-state index is 13.8. The highest BCUT2D eigenvalue weighted by Gasteiger charge is 2.56. The molecule has 1 aromatic carbocycles. The van der Waals surface area contributed by atoms with Crippen LogP contribution >= 0.6 is 0 Å². The van der Waals surface area contributed by atoms with Crippen molar-refractivity contribution in [3.05, 3.63) is 52.4 Å². The van der Waals surface area contributed by atoms with Gasteiger partial charge in [0.25, 0.3) is 5.56 Å². The number of hydrogen-bond acceptors (Lipinski definition) is 6. The van der Waals surface area contributed by atoms with Crippen molar-refractivity contribution in [2.75, 3.05) is 46.6 Å². The average Bonchev–Trinajstić information content (AvgIpc) is 3.08. The number of fused-ring (bicyclic) bond motifs is 4. The SMILES string of the molecule is CCCN1[C@@H]2Cn3c(ccc(-c4ccccc4OC)c3=O)[C@H]1[C@@H](C(=O)N1CCOCC1)[C@@H]2CO. The van der Waals surface area contributed by atoms with Crippen LogP contribution in [0.15, 0.2) is 41.2 Å². The quantitative estimate of drug-likeness (QED) is 0.697. The summed E-state index contributed by atoms with van der Waals surface area (Å²) in [7, 11) is 1.60. The van der Waals surface area contributed by atoms with E-state index in [1.54, 1.807) is 7.11 Å². The van der Waals surface area contributed by atoms with Gasteiger partial charge in [0.15, 0.2) is 0 Å². The van der Waals surface area contributed by atoms with E-state index in [9.17, 15) is 14.7 Å². The molecule has 1 aromatic heterocycles. The second-order valence-corrected chi connectivity index (χ2v) is 9.35. The molecule has 8 nitrogen and oxygen atoms in total. The number of aromatic nitrogens is 1. The Morgan fingerprint density at radius 3 is 2.62 bits per heavy atom. The van der Waals surface area contributed by atoms with E-state index in [1.165, 1.54) is 0 Å². The normalized spacial score (nSPS) is 26.4. The highest BCUT2D eigenvalue weighted by atomic mass is 16.5. The fourth-order valence-electron chi connectivity index (χ4n) is 6.14. The molecule has 34 heavy (non-hydrogen) atoms. The number of carbonyl (C=O) groups is 1. The van der Waals surface area contributed by atoms with Crippen molar-refractivity contribution >= 4 is 5.91 Å². The first-order valence-electron chi connectivity index (χ1n) is 12.2. The van der Waals surface area contributed by atoms with Crippen molar-refractivity contribution in [1.29, 1.82) is 0 Å². The van der Waals surface area contributed by atoms with E-state index < -0.39 is 0 Å². The number of rotatable bonds is 6. The van der Waals surface area contributed by atoms with Crippen LogP contribution in [0, 0.1) is 11.8 Å². The Bertz CT molecular complexity index is 1110. The molecule has 0 unspecified atom stereocenters. The second kappa shape index (κ2) is 9.52. The summed E-state index contributed by atoms with van der Waals surface area (Å²) in [5.41, 5.74) is 2.12. The van der Waals surface area contributed by atoms with Gasteiger partial charge in [0.05, 0.1) is 37.8 Å². The molecule has 0 spiro atoms. The fourth-order valence-corrected chi connectivity index (χ4v) is 6.14. The molecule has 182 valence electrons. The van der Waals surface area contributed by atoms with Crippen LogP contribution in [-0.4, -0.2) is 78.0 Å². The lowest BCUT2D eigenvalue weighted by Crippen LogP contribution is -2.47. The lowest BCUT2D eigenvalue weighted by atomic mass is 9.86. The van der Waals surface area contributed by atoms with Crippen molar-refractivity contribution in [2.45, 2.75) is 32.0 Å². The highest BCUT2D eigenvalue weighted by Crippen LogP contribution is 2.49. The number of morpholine rings is 1. The van der Waals surface area contributed by atoms with E-state index in [0.717, 1.165) is 24.2 Å². The predicted molar refractivity (Wildman–Crippen MR) is 128 cm³/mol. The van der Waals surface area contributed by atoms with Crippen LogP contribution in [0.2, 0.25) is 0 Å². The van der Waals surface area contributed by atoms with Gasteiger partial charge in [0, 0.05) is 49.5 Å². The van der Waals surface area contributed by atoms with Crippen LogP contribution in [0.5, 0.6) is 5.75 Å². The van der Waals surface area contributed by atoms with E-state index in [-0.39, 0.29) is 42.0 Å². The smallest absolute Gasteiger partial charge is 0.258 e. The number of para-hydroxylation sites is 1. The Balaban J connectivity index is 1.61. The van der Waals surface area contributed by atoms with Gasteiger partial charge in [-0.25, -0.2) is 0 Å². The maximum Gasteiger partial charge on any atom is 0.258 e. The van der Waals surface area contributed by atoms with Gasteiger partial charge in [0.2, 0.25) is 5.91 Å². The molecule has 0 aliphatic carbocycles. The van der Waals surface area contributed by atoms with Gasteiger partial charge in [-0.2, -0.15) is 0 Å². The van der Waals surface area contributed by atoms with Crippen molar-refractivity contribution in [3.63, 3.8) is 0 Å². The number of methoxy groups -OCH3 is 1. The molecule has 2 saturated heterocycles. The molecule has 1 N–H and O–H groups in total. The van der Waals surface area contributed by atoms with Crippen molar-refractivity contribution < 1.29 is 19.4 Å². The average molecular weight is 468 g/mol. The molecule has 4 heterocycles. The first-order valence-corrected chi connectivity index (χ1v) is 12.2. The van der Waals surface area contributed by atoms with Gasteiger partial charge in [-0.05, 0) is 31.2 Å². The van der Waals surface area contributed by atoms with Gasteiger partial charge < -0.3 is 24.0 Å². The fraction of sp³-hybridized carbons (Fsp3) is 0.538. The number of amides is 1. The van der Waals surface area contributed by atoms with E-state index in [4.69, 9.17) is 9.47 Å². The highest BCUT2D eigenvalue weighted by molar-refractivity contribution is 5.81. The van der Waals surface area contributed by atoms with Crippen LogP contribution in [-0.2, 0) is 16.1 Å². The van der Waals surface area contributed by atoms with E-state index in [1.807, 2.05) is 45.9 Å². The number of aliphatic hydroxyl groups is 1. The van der Waals surface area contributed by atoms with Gasteiger partial charge in [-0.15, -0.1) is 0 Å². The Morgan fingerprint density at radius 2 is 1.91 bits per heavy atom. The largest absolute Gasteiger partial charge is 0.496 e. The molecule has 3 aliphatic rings. The van der Waals surface area contributed by atoms with E-state index in [2.05, 4.69) is 11.8 Å². The molecule has 4 atom stereocenters. The molecular weight excluding hydrogens is 434 g/mol. The van der Waals surface area contributed by atoms with Crippen LogP contribution in [0.4, 0.5) is 0 Å². The molecule has 0 radical (unpaired) electrons. The summed E-state index contributed by atoms with van der Waals surface area (Å²) in [6, 6.07) is 11.1. The Hall–Kier alpha value is -2.68. The number of nitrogens with zero attached hydrogens (tertiary/aromatic N) is 3. The molecule has 8 heteroatoms. The number of benzene rings is 1. The third kappa shape index (κ3) is 3.65. The Morgan fingerprint density at radius 1 is 1.15 bits per heavy atom. The summed E-state index contributed by atoms with van der Waals surface area (Å²) in [6.07, 6.45) is 0.938. The Kier molecular flexibility index (Phi) is 6.46. The molecule has 1 amide bonds. The third-order valence-electron chi connectivity index (χ3n) is 7.66. The van der Waals surface area contributed by atoms with Gasteiger partial charge in [-0.3, -0.25) is 14.5 Å². The topological polar surface area (TPSA) is 84.2 Å². The molecule has 0 saturated carbocycles. The lowest BCUT2D eigenvalue weighted by Gasteiger charge is -2.38. The first-order chi connectivity index (χ1) is 16.6. The van der Waals surface area contributed by atoms with Crippen LogP contribution in [0.25, 0.3) is 11.1 Å². The van der Waals surface area contributed by atoms with E-state index >= 15 is 0 Å². The molecular formula is C26H33N3O5. The number of ether oxygens (including phenoxy) is 2. The molecule has 5 rings (SSSR count). The number of pyridine rings is 1. The summed E-state index contributed by atoms with van der Waals surface area (Å²) in [5.74, 6) is 0.108. The van der Waals surface area contributed by atoms with Gasteiger partial charge in [0.1, 0.15) is 5.75 Å². The number of aliphatic hydroxyl groups excluding tert-OH is 1. The van der Waals surface area contributed by atoms with Crippen molar-refractivity contribution in [3.8, 4) is 16.9 Å². The van der Waals surface area contributed by atoms with Crippen LogP contribution in [0.1, 0.15) is 25.1 Å². The van der Waals surface area contributed by atoms with Crippen molar-refractivity contribution in [1.82, 2.24) is 14.4 Å². The van der Waals surface area contributed by atoms with Gasteiger partial charge in [-0.1, -0.05) is 25.1 Å². The number of hydrogen-bond donors (Lipinski definition) is 1. The maximum atomic E-state index is 13.8. The van der Waals surface area contributed by atoms with Gasteiger partial charge >= 0.3 is 0 Å². The van der Waals surface area contributed by atoms with Crippen molar-refractivity contribution in [2.24, 2.45) is 11.8 Å². The minimum Gasteiger partial charge on any atom is -0.496 e. The minimum absolute atomic E-state index is 0.0608. The summed E-state index contributed by atoms with van der Waals surface area (Å²) in [6.45, 7) is 5.53. The first kappa shape index (κ1) is 23.1. The Labute approximate surface area is 199 Å². The van der Waals surface area contributed by atoms with Crippen LogP contribution in [0.3, 0.4) is 0 Å². The monoisotopic (exact) mass is 467 g/mol. The molecule has 2 bridgehead atoms.